The minimum atomic E-state index is 0.226. The molecule has 2 aliphatic heterocycles. The molecule has 4 heteroatoms. The van der Waals surface area contributed by atoms with Gasteiger partial charge in [0.1, 0.15) is 0 Å². The maximum absolute atomic E-state index is 13.7. The number of benzene rings is 1. The van der Waals surface area contributed by atoms with Crippen LogP contribution in [-0.2, 0) is 6.54 Å². The van der Waals surface area contributed by atoms with Gasteiger partial charge in [0.15, 0.2) is 0 Å². The zero-order valence-electron chi connectivity index (χ0n) is 22.0. The molecule has 4 nitrogen and oxygen atoms in total. The smallest absolute Gasteiger partial charge is 0.255 e. The van der Waals surface area contributed by atoms with E-state index in [4.69, 9.17) is 4.98 Å². The van der Waals surface area contributed by atoms with Crippen LogP contribution in [0.25, 0.3) is 0 Å². The Bertz CT molecular complexity index is 1010. The number of aryl methyl sites for hydroxylation is 1. The molecule has 188 valence electrons. The molecule has 0 spiro atoms. The van der Waals surface area contributed by atoms with E-state index in [2.05, 4.69) is 60.9 Å². The number of carbonyl (C=O) groups is 1. The molecule has 2 aromatic rings. The van der Waals surface area contributed by atoms with Gasteiger partial charge in [-0.05, 0) is 86.7 Å². The molecule has 0 bridgehead atoms. The van der Waals surface area contributed by atoms with Crippen LogP contribution in [-0.4, -0.2) is 46.9 Å². The lowest BCUT2D eigenvalue weighted by atomic mass is 9.75. The van der Waals surface area contributed by atoms with Crippen LogP contribution < -0.4 is 0 Å². The average Bonchev–Trinajstić information content (AvgIpc) is 2.89. The molecule has 5 rings (SSSR count). The zero-order valence-corrected chi connectivity index (χ0v) is 22.0. The fourth-order valence-corrected chi connectivity index (χ4v) is 6.66. The molecule has 0 N–H and O–H groups in total. The highest BCUT2D eigenvalue weighted by molar-refractivity contribution is 5.95. The van der Waals surface area contributed by atoms with Crippen LogP contribution in [0.2, 0.25) is 0 Å². The molecule has 3 fully saturated rings. The number of amides is 1. The molecule has 0 radical (unpaired) electrons. The van der Waals surface area contributed by atoms with Crippen LogP contribution in [0.3, 0.4) is 0 Å². The summed E-state index contributed by atoms with van der Waals surface area (Å²) in [6.45, 7) is 11.6. The van der Waals surface area contributed by atoms with Crippen molar-refractivity contribution >= 4 is 5.91 Å². The Morgan fingerprint density at radius 2 is 1.63 bits per heavy atom. The number of hydrogen-bond donors (Lipinski definition) is 0. The number of hydrogen-bond acceptors (Lipinski definition) is 3. The molecule has 1 aromatic heterocycles. The Kier molecular flexibility index (Phi) is 7.57. The van der Waals surface area contributed by atoms with E-state index in [9.17, 15) is 4.79 Å². The van der Waals surface area contributed by atoms with Gasteiger partial charge in [-0.15, -0.1) is 0 Å². The van der Waals surface area contributed by atoms with Crippen LogP contribution in [0, 0.1) is 18.8 Å². The van der Waals surface area contributed by atoms with E-state index in [1.807, 2.05) is 6.07 Å². The molecule has 1 amide bonds. The summed E-state index contributed by atoms with van der Waals surface area (Å²) >= 11 is 0. The van der Waals surface area contributed by atoms with Gasteiger partial charge >= 0.3 is 0 Å². The summed E-state index contributed by atoms with van der Waals surface area (Å²) in [5, 5.41) is 0. The molecule has 2 saturated heterocycles. The van der Waals surface area contributed by atoms with E-state index in [0.717, 1.165) is 68.4 Å². The van der Waals surface area contributed by atoms with Crippen molar-refractivity contribution in [3.05, 3.63) is 64.5 Å². The number of piperidine rings is 2. The minimum Gasteiger partial charge on any atom is -0.338 e. The van der Waals surface area contributed by atoms with Gasteiger partial charge in [0.2, 0.25) is 0 Å². The largest absolute Gasteiger partial charge is 0.338 e. The second-order valence-electron chi connectivity index (χ2n) is 11.7. The van der Waals surface area contributed by atoms with Crippen LogP contribution in [0.5, 0.6) is 0 Å². The number of likely N-dealkylation sites (tertiary alicyclic amines) is 2. The Hall–Kier alpha value is -2.20. The number of fused-ring (bicyclic) bond motifs is 1. The minimum absolute atomic E-state index is 0.226. The number of rotatable bonds is 5. The van der Waals surface area contributed by atoms with Crippen molar-refractivity contribution in [2.24, 2.45) is 11.8 Å². The molecule has 2 atom stereocenters. The van der Waals surface area contributed by atoms with Gasteiger partial charge in [0.25, 0.3) is 5.91 Å². The molecular formula is C31H43N3O. The van der Waals surface area contributed by atoms with Gasteiger partial charge in [-0.25, -0.2) is 0 Å². The lowest BCUT2D eigenvalue weighted by molar-refractivity contribution is 0.0518. The molecular weight excluding hydrogens is 430 g/mol. The van der Waals surface area contributed by atoms with Crippen LogP contribution in [0.15, 0.2) is 36.4 Å². The highest BCUT2D eigenvalue weighted by Crippen LogP contribution is 2.37. The van der Waals surface area contributed by atoms with Gasteiger partial charge in [0, 0.05) is 31.2 Å². The molecule has 3 heterocycles. The second-order valence-corrected chi connectivity index (χ2v) is 11.7. The summed E-state index contributed by atoms with van der Waals surface area (Å²) in [7, 11) is 0. The Morgan fingerprint density at radius 3 is 2.34 bits per heavy atom. The topological polar surface area (TPSA) is 36.4 Å². The van der Waals surface area contributed by atoms with Gasteiger partial charge < -0.3 is 4.90 Å². The van der Waals surface area contributed by atoms with Gasteiger partial charge in [-0.2, -0.15) is 0 Å². The summed E-state index contributed by atoms with van der Waals surface area (Å²) in [4.78, 5) is 23.4. The third-order valence-corrected chi connectivity index (χ3v) is 8.90. The van der Waals surface area contributed by atoms with E-state index in [1.165, 1.54) is 43.2 Å². The van der Waals surface area contributed by atoms with Crippen LogP contribution >= 0.6 is 0 Å². The second kappa shape index (κ2) is 10.8. The van der Waals surface area contributed by atoms with Crippen molar-refractivity contribution in [2.75, 3.05) is 26.2 Å². The first-order valence-electron chi connectivity index (χ1n) is 14.1. The summed E-state index contributed by atoms with van der Waals surface area (Å²) in [6, 6.07) is 13.2. The third kappa shape index (κ3) is 5.63. The van der Waals surface area contributed by atoms with E-state index >= 15 is 0 Å². The van der Waals surface area contributed by atoms with Gasteiger partial charge in [0.05, 0.1) is 11.3 Å². The number of carbonyl (C=O) groups excluding carboxylic acids is 1. The van der Waals surface area contributed by atoms with Crippen molar-refractivity contribution in [2.45, 2.75) is 84.1 Å². The monoisotopic (exact) mass is 473 g/mol. The maximum atomic E-state index is 13.7. The molecule has 1 aliphatic carbocycles. The van der Waals surface area contributed by atoms with E-state index < -0.39 is 0 Å². The van der Waals surface area contributed by atoms with Crippen LogP contribution in [0.4, 0.5) is 0 Å². The van der Waals surface area contributed by atoms with Crippen molar-refractivity contribution in [3.8, 4) is 0 Å². The SMILES string of the molecule is Cc1ccc(C(=O)N2CCC3CCCCC3C2)c(C2CCN(Cc3ccc(C(C)C)cc3)CC2)n1. The number of nitrogens with zero attached hydrogens (tertiary/aromatic N) is 3. The predicted octanol–water partition coefficient (Wildman–Crippen LogP) is 6.55. The highest BCUT2D eigenvalue weighted by Gasteiger charge is 2.35. The summed E-state index contributed by atoms with van der Waals surface area (Å²) in [5.74, 6) is 2.73. The molecule has 35 heavy (non-hydrogen) atoms. The Labute approximate surface area is 212 Å². The first kappa shape index (κ1) is 24.5. The highest BCUT2D eigenvalue weighted by atomic mass is 16.2. The van der Waals surface area contributed by atoms with Gasteiger partial charge in [-0.3, -0.25) is 14.7 Å². The third-order valence-electron chi connectivity index (χ3n) is 8.90. The average molecular weight is 474 g/mol. The van der Waals surface area contributed by atoms with Gasteiger partial charge in [-0.1, -0.05) is 57.4 Å². The Balaban J connectivity index is 1.23. The molecule has 3 aliphatic rings. The lowest BCUT2D eigenvalue weighted by Gasteiger charge is -2.41. The molecule has 2 unspecified atom stereocenters. The van der Waals surface area contributed by atoms with Crippen molar-refractivity contribution in [1.29, 1.82) is 0 Å². The van der Waals surface area contributed by atoms with Crippen molar-refractivity contribution in [1.82, 2.24) is 14.8 Å². The standard InChI is InChI=1S/C31H43N3O/c1-22(2)25-11-9-24(10-12-25)20-33-17-14-27(15-18-33)30-29(13-8-23(3)32-30)31(35)34-19-16-26-6-4-5-7-28(26)21-34/h8-13,22,26-28H,4-7,14-21H2,1-3H3. The number of aromatic nitrogens is 1. The molecule has 1 aromatic carbocycles. The molecule has 1 saturated carbocycles. The zero-order chi connectivity index (χ0) is 24.4. The first-order valence-corrected chi connectivity index (χ1v) is 14.1. The normalized spacial score (nSPS) is 23.9. The van der Waals surface area contributed by atoms with Crippen LogP contribution in [0.1, 0.15) is 104 Å². The van der Waals surface area contributed by atoms with Crippen molar-refractivity contribution < 1.29 is 4.79 Å². The summed E-state index contributed by atoms with van der Waals surface area (Å²) < 4.78 is 0. The lowest BCUT2D eigenvalue weighted by Crippen LogP contribution is -2.45. The fourth-order valence-electron chi connectivity index (χ4n) is 6.66. The van der Waals surface area contributed by atoms with E-state index in [-0.39, 0.29) is 5.91 Å². The summed E-state index contributed by atoms with van der Waals surface area (Å²) in [6.07, 6.45) is 8.71. The van der Waals surface area contributed by atoms with E-state index in [1.54, 1.807) is 0 Å². The van der Waals surface area contributed by atoms with E-state index in [0.29, 0.717) is 17.8 Å². The number of pyridine rings is 1. The fraction of sp³-hybridized carbons (Fsp3) is 0.613. The first-order chi connectivity index (χ1) is 17.0. The van der Waals surface area contributed by atoms with Crippen molar-refractivity contribution in [3.63, 3.8) is 0 Å². The predicted molar refractivity (Wildman–Crippen MR) is 143 cm³/mol. The maximum Gasteiger partial charge on any atom is 0.255 e. The Morgan fingerprint density at radius 1 is 0.914 bits per heavy atom. The quantitative estimate of drug-likeness (QED) is 0.494. The summed E-state index contributed by atoms with van der Waals surface area (Å²) in [5.41, 5.74) is 5.75.